The molecule has 2 bridgehead atoms. The number of pyridine rings is 1. The predicted molar refractivity (Wildman–Crippen MR) is 127 cm³/mol. The van der Waals surface area contributed by atoms with Crippen molar-refractivity contribution in [2.45, 2.75) is 68.2 Å². The lowest BCUT2D eigenvalue weighted by Crippen LogP contribution is -2.55. The molecule has 3 heterocycles. The van der Waals surface area contributed by atoms with Crippen LogP contribution in [0.5, 0.6) is 5.75 Å². The molecule has 2 saturated heterocycles. The quantitative estimate of drug-likeness (QED) is 0.612. The summed E-state index contributed by atoms with van der Waals surface area (Å²) < 4.78 is 30.1. The molecule has 0 saturated carbocycles. The smallest absolute Gasteiger partial charge is 0.263 e. The number of carbonyl (C=O) groups excluding carboxylic acids is 2. The summed E-state index contributed by atoms with van der Waals surface area (Å²) in [5.74, 6) is 0.166. The number of aromatic nitrogens is 1. The Morgan fingerprint density at radius 3 is 2.32 bits per heavy atom. The van der Waals surface area contributed by atoms with Crippen molar-refractivity contribution < 1.29 is 22.7 Å². The van der Waals surface area contributed by atoms with Crippen molar-refractivity contribution in [3.63, 3.8) is 0 Å². The molecule has 182 valence electrons. The zero-order valence-electron chi connectivity index (χ0n) is 19.5. The van der Waals surface area contributed by atoms with Crippen molar-refractivity contribution in [3.05, 3.63) is 48.2 Å². The third-order valence-corrected chi connectivity index (χ3v) is 7.66. The van der Waals surface area contributed by atoms with Crippen LogP contribution in [0.1, 0.15) is 49.9 Å². The van der Waals surface area contributed by atoms with E-state index in [2.05, 4.69) is 15.2 Å². The fourth-order valence-corrected chi connectivity index (χ4v) is 5.68. The van der Waals surface area contributed by atoms with Crippen molar-refractivity contribution in [1.82, 2.24) is 10.3 Å². The molecule has 2 fully saturated rings. The van der Waals surface area contributed by atoms with E-state index >= 15 is 0 Å². The van der Waals surface area contributed by atoms with Gasteiger partial charge in [-0.05, 0) is 63.8 Å². The number of benzene rings is 1. The molecular weight excluding hydrogens is 456 g/mol. The van der Waals surface area contributed by atoms with Crippen LogP contribution in [0.15, 0.2) is 47.5 Å². The Hall–Kier alpha value is -3.14. The number of para-hydroxylation sites is 1. The molecule has 0 aliphatic carbocycles. The highest BCUT2D eigenvalue weighted by atomic mass is 32.2. The Morgan fingerprint density at radius 1 is 1.12 bits per heavy atom. The van der Waals surface area contributed by atoms with Gasteiger partial charge >= 0.3 is 0 Å². The molecule has 2 aliphatic heterocycles. The van der Waals surface area contributed by atoms with E-state index in [4.69, 9.17) is 10.5 Å². The van der Waals surface area contributed by atoms with Gasteiger partial charge in [-0.15, -0.1) is 0 Å². The molecule has 0 spiro atoms. The number of primary amides is 1. The minimum absolute atomic E-state index is 0.0285. The van der Waals surface area contributed by atoms with Gasteiger partial charge in [-0.1, -0.05) is 12.1 Å². The van der Waals surface area contributed by atoms with Gasteiger partial charge in [0.2, 0.25) is 5.91 Å². The zero-order valence-corrected chi connectivity index (χ0v) is 20.3. The number of hydrogen-bond donors (Lipinski definition) is 2. The minimum atomic E-state index is -3.50. The lowest BCUT2D eigenvalue weighted by Gasteiger charge is -2.40. The van der Waals surface area contributed by atoms with Crippen LogP contribution >= 0.6 is 0 Å². The van der Waals surface area contributed by atoms with Crippen LogP contribution in [-0.4, -0.2) is 55.2 Å². The van der Waals surface area contributed by atoms with Crippen molar-refractivity contribution in [1.29, 1.82) is 0 Å². The first kappa shape index (κ1) is 24.0. The SMILES string of the molecule is CC(C)(Oc1ccccc1S(C)(=O)=O)C(=O)NC1CC2CCC(C1)N2c1ccc(C(N)=O)cn1. The maximum absolute atomic E-state index is 13.1. The Morgan fingerprint density at radius 2 is 1.76 bits per heavy atom. The Labute approximate surface area is 199 Å². The fourth-order valence-electron chi connectivity index (χ4n) is 4.87. The maximum Gasteiger partial charge on any atom is 0.263 e. The largest absolute Gasteiger partial charge is 0.477 e. The molecule has 4 rings (SSSR count). The van der Waals surface area contributed by atoms with E-state index in [1.165, 1.54) is 12.3 Å². The highest BCUT2D eigenvalue weighted by molar-refractivity contribution is 7.90. The standard InChI is InChI=1S/C24H30N4O5S/c1-24(2,33-19-6-4-5-7-20(19)34(3,31)32)23(30)27-16-12-17-9-10-18(13-16)28(17)21-11-8-15(14-26-21)22(25)29/h4-8,11,14,16-18H,9-10,12-13H2,1-3H3,(H2,25,29)(H,27,30). The Bertz CT molecular complexity index is 1180. The number of nitrogens with zero attached hydrogens (tertiary/aromatic N) is 2. The third kappa shape index (κ3) is 4.86. The van der Waals surface area contributed by atoms with E-state index in [9.17, 15) is 18.0 Å². The summed E-state index contributed by atoms with van der Waals surface area (Å²) >= 11 is 0. The van der Waals surface area contributed by atoms with Crippen molar-refractivity contribution in [2.24, 2.45) is 5.73 Å². The van der Waals surface area contributed by atoms with E-state index in [0.29, 0.717) is 5.56 Å². The molecule has 2 atom stereocenters. The summed E-state index contributed by atoms with van der Waals surface area (Å²) in [6.07, 6.45) is 6.13. The number of hydrogen-bond acceptors (Lipinski definition) is 7. The lowest BCUT2D eigenvalue weighted by atomic mass is 9.96. The molecule has 0 radical (unpaired) electrons. The van der Waals surface area contributed by atoms with E-state index in [1.54, 1.807) is 38.1 Å². The van der Waals surface area contributed by atoms with Gasteiger partial charge in [-0.2, -0.15) is 0 Å². The second-order valence-electron chi connectivity index (χ2n) is 9.53. The number of amides is 2. The van der Waals surface area contributed by atoms with Crippen LogP contribution in [0.4, 0.5) is 5.82 Å². The number of piperidine rings is 1. The summed E-state index contributed by atoms with van der Waals surface area (Å²) in [6, 6.07) is 10.3. The molecule has 2 aliphatic rings. The van der Waals surface area contributed by atoms with Crippen molar-refractivity contribution >= 4 is 27.5 Å². The summed E-state index contributed by atoms with van der Waals surface area (Å²) in [5.41, 5.74) is 4.43. The fraction of sp³-hybridized carbons (Fsp3) is 0.458. The molecule has 1 aromatic carbocycles. The van der Waals surface area contributed by atoms with Crippen LogP contribution in [0.2, 0.25) is 0 Å². The molecule has 9 nitrogen and oxygen atoms in total. The van der Waals surface area contributed by atoms with Crippen molar-refractivity contribution in [2.75, 3.05) is 11.2 Å². The molecule has 2 amide bonds. The van der Waals surface area contributed by atoms with Gasteiger partial charge < -0.3 is 20.7 Å². The van der Waals surface area contributed by atoms with Crippen LogP contribution in [0.3, 0.4) is 0 Å². The molecule has 1 aromatic heterocycles. The average Bonchev–Trinajstić information content (AvgIpc) is 3.03. The highest BCUT2D eigenvalue weighted by Crippen LogP contribution is 2.39. The Balaban J connectivity index is 1.43. The summed E-state index contributed by atoms with van der Waals surface area (Å²) in [7, 11) is -3.50. The molecule has 34 heavy (non-hydrogen) atoms. The van der Waals surface area contributed by atoms with E-state index in [0.717, 1.165) is 37.8 Å². The van der Waals surface area contributed by atoms with Gasteiger partial charge in [0.15, 0.2) is 15.4 Å². The highest BCUT2D eigenvalue weighted by Gasteiger charge is 2.43. The average molecular weight is 487 g/mol. The number of sulfone groups is 1. The van der Waals surface area contributed by atoms with Crippen LogP contribution < -0.4 is 20.7 Å². The topological polar surface area (TPSA) is 132 Å². The first-order valence-corrected chi connectivity index (χ1v) is 13.2. The van der Waals surface area contributed by atoms with Gasteiger partial charge in [0.05, 0.1) is 5.56 Å². The summed E-state index contributed by atoms with van der Waals surface area (Å²) in [6.45, 7) is 3.27. The second-order valence-corrected chi connectivity index (χ2v) is 11.5. The third-order valence-electron chi connectivity index (χ3n) is 6.53. The first-order valence-electron chi connectivity index (χ1n) is 11.3. The van der Waals surface area contributed by atoms with E-state index in [1.807, 2.05) is 6.07 Å². The molecule has 2 unspecified atom stereocenters. The summed E-state index contributed by atoms with van der Waals surface area (Å²) in [4.78, 5) is 31.2. The maximum atomic E-state index is 13.1. The number of rotatable bonds is 7. The number of nitrogens with one attached hydrogen (secondary N) is 1. The molecule has 2 aromatic rings. The predicted octanol–water partition coefficient (Wildman–Crippen LogP) is 2.06. The van der Waals surface area contributed by atoms with Gasteiger partial charge in [0.25, 0.3) is 5.91 Å². The minimum Gasteiger partial charge on any atom is -0.477 e. The van der Waals surface area contributed by atoms with Crippen LogP contribution in [0.25, 0.3) is 0 Å². The van der Waals surface area contributed by atoms with E-state index < -0.39 is 21.3 Å². The van der Waals surface area contributed by atoms with Crippen LogP contribution in [0, 0.1) is 0 Å². The number of anilines is 1. The monoisotopic (exact) mass is 486 g/mol. The normalized spacial score (nSPS) is 22.3. The second kappa shape index (κ2) is 8.90. The molecule has 10 heteroatoms. The van der Waals surface area contributed by atoms with Gasteiger partial charge in [-0.25, -0.2) is 13.4 Å². The molecular formula is C24H30N4O5S. The number of ether oxygens (including phenoxy) is 1. The zero-order chi connectivity index (χ0) is 24.7. The first-order chi connectivity index (χ1) is 16.0. The van der Waals surface area contributed by atoms with Crippen LogP contribution in [-0.2, 0) is 14.6 Å². The molecule has 3 N–H and O–H groups in total. The number of carbonyl (C=O) groups is 2. The number of fused-ring (bicyclic) bond motifs is 2. The Kier molecular flexibility index (Phi) is 6.28. The van der Waals surface area contributed by atoms with Crippen molar-refractivity contribution in [3.8, 4) is 5.75 Å². The van der Waals surface area contributed by atoms with Gasteiger partial charge in [-0.3, -0.25) is 9.59 Å². The van der Waals surface area contributed by atoms with E-state index in [-0.39, 0.29) is 34.7 Å². The van der Waals surface area contributed by atoms with Gasteiger partial charge in [0.1, 0.15) is 16.5 Å². The number of nitrogens with two attached hydrogens (primary N) is 1. The van der Waals surface area contributed by atoms with Gasteiger partial charge in [0, 0.05) is 30.6 Å². The lowest BCUT2D eigenvalue weighted by molar-refractivity contribution is -0.135. The summed E-state index contributed by atoms with van der Waals surface area (Å²) in [5, 5.41) is 3.11.